The second kappa shape index (κ2) is 4.75. The van der Waals surface area contributed by atoms with Crippen molar-refractivity contribution in [3.63, 3.8) is 0 Å². The van der Waals surface area contributed by atoms with Gasteiger partial charge in [0.05, 0.1) is 20.3 Å². The van der Waals surface area contributed by atoms with Gasteiger partial charge in [-0.2, -0.15) is 9.97 Å². The number of aromatic nitrogens is 2. The molecule has 0 saturated heterocycles. The number of hydrogen-bond acceptors (Lipinski definition) is 6. The van der Waals surface area contributed by atoms with Crippen LogP contribution in [0.15, 0.2) is 6.07 Å². The van der Waals surface area contributed by atoms with Crippen molar-refractivity contribution in [2.24, 2.45) is 11.1 Å². The van der Waals surface area contributed by atoms with E-state index in [1.807, 2.05) is 0 Å². The number of nitrogens with two attached hydrogens (primary N) is 1. The van der Waals surface area contributed by atoms with E-state index in [4.69, 9.17) is 15.2 Å². The van der Waals surface area contributed by atoms with E-state index >= 15 is 0 Å². The fourth-order valence-electron chi connectivity index (χ4n) is 1.59. The van der Waals surface area contributed by atoms with E-state index in [1.54, 1.807) is 20.3 Å². The van der Waals surface area contributed by atoms with E-state index in [0.29, 0.717) is 24.3 Å². The van der Waals surface area contributed by atoms with E-state index in [1.165, 1.54) is 0 Å². The monoisotopic (exact) mass is 238 g/mol. The van der Waals surface area contributed by atoms with Crippen molar-refractivity contribution in [2.45, 2.75) is 12.8 Å². The topological polar surface area (TPSA) is 82.3 Å². The lowest BCUT2D eigenvalue weighted by Gasteiger charge is -2.14. The van der Waals surface area contributed by atoms with Gasteiger partial charge in [-0.1, -0.05) is 0 Å². The number of hydrogen-bond donors (Lipinski definition) is 2. The summed E-state index contributed by atoms with van der Waals surface area (Å²) in [7, 11) is 3.13. The maximum Gasteiger partial charge on any atom is 0.229 e. The molecule has 0 amide bonds. The Bertz CT molecular complexity index is 371. The van der Waals surface area contributed by atoms with Gasteiger partial charge in [0, 0.05) is 6.54 Å². The molecule has 1 fully saturated rings. The minimum absolute atomic E-state index is 0.236. The Morgan fingerprint density at radius 1 is 1.29 bits per heavy atom. The van der Waals surface area contributed by atoms with Crippen LogP contribution >= 0.6 is 0 Å². The number of ether oxygens (including phenoxy) is 2. The number of nitrogens with zero attached hydrogens (tertiary/aromatic N) is 2. The van der Waals surface area contributed by atoms with Crippen LogP contribution in [0, 0.1) is 5.41 Å². The van der Waals surface area contributed by atoms with Crippen LogP contribution in [0.5, 0.6) is 11.8 Å². The molecule has 2 rings (SSSR count). The Kier molecular flexibility index (Phi) is 3.33. The lowest BCUT2D eigenvalue weighted by atomic mass is 10.1. The van der Waals surface area contributed by atoms with Crippen LogP contribution in [-0.2, 0) is 0 Å². The van der Waals surface area contributed by atoms with Gasteiger partial charge in [-0.25, -0.2) is 0 Å². The summed E-state index contributed by atoms with van der Waals surface area (Å²) in [5.74, 6) is 1.48. The lowest BCUT2D eigenvalue weighted by Crippen LogP contribution is -2.24. The average molecular weight is 238 g/mol. The summed E-state index contributed by atoms with van der Waals surface area (Å²) >= 11 is 0. The lowest BCUT2D eigenvalue weighted by molar-refractivity contribution is 0.372. The van der Waals surface area contributed by atoms with Gasteiger partial charge >= 0.3 is 0 Å². The molecule has 1 aliphatic carbocycles. The molecule has 17 heavy (non-hydrogen) atoms. The van der Waals surface area contributed by atoms with Gasteiger partial charge < -0.3 is 20.5 Å². The van der Waals surface area contributed by atoms with Gasteiger partial charge in [0.15, 0.2) is 0 Å². The highest BCUT2D eigenvalue weighted by Crippen LogP contribution is 2.44. The first-order chi connectivity index (χ1) is 8.21. The van der Waals surface area contributed by atoms with Gasteiger partial charge in [0.25, 0.3) is 0 Å². The number of nitrogens with one attached hydrogen (secondary N) is 1. The number of anilines is 1. The Balaban J connectivity index is 2.04. The first-order valence-corrected chi connectivity index (χ1v) is 5.62. The van der Waals surface area contributed by atoms with Gasteiger partial charge in [-0.3, -0.25) is 0 Å². The molecule has 0 atom stereocenters. The molecule has 1 aliphatic rings. The van der Waals surface area contributed by atoms with Crippen molar-refractivity contribution in [1.82, 2.24) is 9.97 Å². The highest BCUT2D eigenvalue weighted by atomic mass is 16.5. The minimum atomic E-state index is 0.236. The highest BCUT2D eigenvalue weighted by molar-refractivity contribution is 5.34. The standard InChI is InChI=1S/C11H18N4O2/c1-16-8-5-9(17-2)15-10(14-8)13-7-11(6-12)3-4-11/h5H,3-4,6-7,12H2,1-2H3,(H,13,14,15). The number of rotatable bonds is 6. The Hall–Kier alpha value is -1.56. The molecular formula is C11H18N4O2. The molecule has 0 bridgehead atoms. The molecule has 1 saturated carbocycles. The van der Waals surface area contributed by atoms with Crippen LogP contribution in [0.4, 0.5) is 5.95 Å². The summed E-state index contributed by atoms with van der Waals surface area (Å²) in [6, 6.07) is 1.64. The molecule has 0 aliphatic heterocycles. The predicted octanol–water partition coefficient (Wildman–Crippen LogP) is 0.645. The fourth-order valence-corrected chi connectivity index (χ4v) is 1.59. The van der Waals surface area contributed by atoms with Crippen molar-refractivity contribution in [3.05, 3.63) is 6.07 Å². The summed E-state index contributed by atoms with van der Waals surface area (Å²) in [6.45, 7) is 1.49. The molecule has 0 spiro atoms. The van der Waals surface area contributed by atoms with Crippen molar-refractivity contribution >= 4 is 5.95 Å². The molecular weight excluding hydrogens is 220 g/mol. The first kappa shape index (κ1) is 11.9. The van der Waals surface area contributed by atoms with Crippen LogP contribution < -0.4 is 20.5 Å². The van der Waals surface area contributed by atoms with Gasteiger partial charge in [-0.15, -0.1) is 0 Å². The third-order valence-electron chi connectivity index (χ3n) is 3.11. The zero-order valence-corrected chi connectivity index (χ0v) is 10.2. The fraction of sp³-hybridized carbons (Fsp3) is 0.636. The van der Waals surface area contributed by atoms with Crippen LogP contribution in [0.3, 0.4) is 0 Å². The maximum atomic E-state index is 5.71. The van der Waals surface area contributed by atoms with E-state index in [-0.39, 0.29) is 5.41 Å². The van der Waals surface area contributed by atoms with Crippen molar-refractivity contribution in [3.8, 4) is 11.8 Å². The average Bonchev–Trinajstić information content (AvgIpc) is 3.16. The quantitative estimate of drug-likeness (QED) is 0.757. The van der Waals surface area contributed by atoms with E-state index in [2.05, 4.69) is 15.3 Å². The molecule has 3 N–H and O–H groups in total. The Morgan fingerprint density at radius 2 is 1.88 bits per heavy atom. The SMILES string of the molecule is COc1cc(OC)nc(NCC2(CN)CC2)n1. The van der Waals surface area contributed by atoms with Crippen LogP contribution in [0.25, 0.3) is 0 Å². The Labute approximate surface area is 101 Å². The smallest absolute Gasteiger partial charge is 0.229 e. The molecule has 6 nitrogen and oxygen atoms in total. The van der Waals surface area contributed by atoms with E-state index in [9.17, 15) is 0 Å². The van der Waals surface area contributed by atoms with Crippen LogP contribution in [0.1, 0.15) is 12.8 Å². The van der Waals surface area contributed by atoms with Crippen molar-refractivity contribution in [2.75, 3.05) is 32.6 Å². The third kappa shape index (κ3) is 2.76. The molecule has 0 radical (unpaired) electrons. The zero-order valence-electron chi connectivity index (χ0n) is 10.2. The molecule has 94 valence electrons. The largest absolute Gasteiger partial charge is 0.481 e. The second-order valence-corrected chi connectivity index (χ2v) is 4.33. The van der Waals surface area contributed by atoms with Crippen molar-refractivity contribution < 1.29 is 9.47 Å². The number of methoxy groups -OCH3 is 2. The third-order valence-corrected chi connectivity index (χ3v) is 3.11. The van der Waals surface area contributed by atoms with E-state index < -0.39 is 0 Å². The molecule has 1 aromatic rings. The van der Waals surface area contributed by atoms with Gasteiger partial charge in [-0.05, 0) is 24.8 Å². The molecule has 0 unspecified atom stereocenters. The van der Waals surface area contributed by atoms with E-state index in [0.717, 1.165) is 19.4 Å². The van der Waals surface area contributed by atoms with Crippen LogP contribution in [-0.4, -0.2) is 37.3 Å². The first-order valence-electron chi connectivity index (χ1n) is 5.62. The molecule has 6 heteroatoms. The van der Waals surface area contributed by atoms with Gasteiger partial charge in [0.1, 0.15) is 0 Å². The Morgan fingerprint density at radius 3 is 2.29 bits per heavy atom. The maximum absolute atomic E-state index is 5.71. The summed E-state index contributed by atoms with van der Waals surface area (Å²) in [6.07, 6.45) is 2.33. The van der Waals surface area contributed by atoms with Gasteiger partial charge in [0.2, 0.25) is 17.7 Å². The predicted molar refractivity (Wildman–Crippen MR) is 64.3 cm³/mol. The molecule has 0 aromatic carbocycles. The summed E-state index contributed by atoms with van der Waals surface area (Å²) in [4.78, 5) is 8.40. The van der Waals surface area contributed by atoms with Crippen molar-refractivity contribution in [1.29, 1.82) is 0 Å². The molecule has 1 aromatic heterocycles. The second-order valence-electron chi connectivity index (χ2n) is 4.33. The normalized spacial score (nSPS) is 16.4. The zero-order chi connectivity index (χ0) is 12.3. The summed E-state index contributed by atoms with van der Waals surface area (Å²) < 4.78 is 10.2. The molecule has 1 heterocycles. The summed E-state index contributed by atoms with van der Waals surface area (Å²) in [5, 5.41) is 3.19. The summed E-state index contributed by atoms with van der Waals surface area (Å²) in [5.41, 5.74) is 5.95. The van der Waals surface area contributed by atoms with Crippen LogP contribution in [0.2, 0.25) is 0 Å². The minimum Gasteiger partial charge on any atom is -0.481 e. The highest BCUT2D eigenvalue weighted by Gasteiger charge is 2.41.